The van der Waals surface area contributed by atoms with Gasteiger partial charge in [0.15, 0.2) is 0 Å². The van der Waals surface area contributed by atoms with E-state index in [-0.39, 0.29) is 0 Å². The minimum Gasteiger partial charge on any atom is -0.489 e. The Morgan fingerprint density at radius 3 is 2.36 bits per heavy atom. The van der Waals surface area contributed by atoms with E-state index >= 15 is 0 Å². The van der Waals surface area contributed by atoms with Crippen molar-refractivity contribution in [1.29, 1.82) is 0 Å². The summed E-state index contributed by atoms with van der Waals surface area (Å²) in [4.78, 5) is 4.50. The average Bonchev–Trinajstić information content (AvgIpc) is 2.63. The van der Waals surface area contributed by atoms with Crippen molar-refractivity contribution in [3.63, 3.8) is 0 Å². The lowest BCUT2D eigenvalue weighted by molar-refractivity contribution is 0.306. The molecule has 0 heterocycles. The molecule has 2 nitrogen and oxygen atoms in total. The fourth-order valence-corrected chi connectivity index (χ4v) is 2.67. The fraction of sp³-hybridized carbons (Fsp3) is 0.0952. The molecule has 0 atom stereocenters. The highest BCUT2D eigenvalue weighted by atomic mass is 35.5. The zero-order valence-corrected chi connectivity index (χ0v) is 15.3. The second-order valence-corrected chi connectivity index (χ2v) is 6.41. The summed E-state index contributed by atoms with van der Waals surface area (Å²) in [6.07, 6.45) is 1.82. The van der Waals surface area contributed by atoms with Crippen LogP contribution in [-0.2, 0) is 6.61 Å². The molecule has 3 aromatic rings. The Balaban J connectivity index is 1.65. The van der Waals surface area contributed by atoms with Crippen LogP contribution in [0.3, 0.4) is 0 Å². The first-order valence-electron chi connectivity index (χ1n) is 7.89. The molecule has 0 unspecified atom stereocenters. The molecule has 0 aliphatic carbocycles. The van der Waals surface area contributed by atoms with Gasteiger partial charge in [-0.3, -0.25) is 4.99 Å². The number of ether oxygens (including phenoxy) is 1. The number of hydrogen-bond donors (Lipinski definition) is 0. The largest absolute Gasteiger partial charge is 0.489 e. The van der Waals surface area contributed by atoms with Crippen LogP contribution in [0.25, 0.3) is 0 Å². The van der Waals surface area contributed by atoms with Crippen molar-refractivity contribution >= 4 is 35.1 Å². The van der Waals surface area contributed by atoms with Crippen molar-refractivity contribution in [3.05, 3.63) is 93.5 Å². The Bertz CT molecular complexity index is 889. The zero-order chi connectivity index (χ0) is 17.6. The van der Waals surface area contributed by atoms with E-state index in [1.54, 1.807) is 0 Å². The number of nitrogens with zero attached hydrogens (tertiary/aromatic N) is 1. The summed E-state index contributed by atoms with van der Waals surface area (Å²) < 4.78 is 5.78. The molecule has 0 fully saturated rings. The van der Waals surface area contributed by atoms with Crippen LogP contribution in [0, 0.1) is 6.92 Å². The molecule has 25 heavy (non-hydrogen) atoms. The van der Waals surface area contributed by atoms with Gasteiger partial charge in [0, 0.05) is 21.8 Å². The van der Waals surface area contributed by atoms with Crippen molar-refractivity contribution in [3.8, 4) is 5.75 Å². The van der Waals surface area contributed by atoms with Crippen molar-refractivity contribution in [1.82, 2.24) is 0 Å². The lowest BCUT2D eigenvalue weighted by atomic mass is 10.2. The van der Waals surface area contributed by atoms with Gasteiger partial charge in [-0.05, 0) is 60.5 Å². The monoisotopic (exact) mass is 369 g/mol. The van der Waals surface area contributed by atoms with Gasteiger partial charge in [0.25, 0.3) is 0 Å². The Morgan fingerprint density at radius 1 is 0.880 bits per heavy atom. The Hall–Kier alpha value is -2.29. The van der Waals surface area contributed by atoms with Crippen LogP contribution in [-0.4, -0.2) is 6.21 Å². The lowest BCUT2D eigenvalue weighted by Crippen LogP contribution is -1.96. The van der Waals surface area contributed by atoms with E-state index in [0.29, 0.717) is 11.6 Å². The number of benzene rings is 3. The molecule has 3 aromatic carbocycles. The summed E-state index contributed by atoms with van der Waals surface area (Å²) in [7, 11) is 0. The van der Waals surface area contributed by atoms with Crippen LogP contribution in [0.4, 0.5) is 5.69 Å². The maximum atomic E-state index is 6.13. The van der Waals surface area contributed by atoms with Crippen molar-refractivity contribution in [2.24, 2.45) is 4.99 Å². The molecule has 0 saturated carbocycles. The van der Waals surface area contributed by atoms with Crippen LogP contribution in [0.2, 0.25) is 10.0 Å². The maximum Gasteiger partial charge on any atom is 0.119 e. The lowest BCUT2D eigenvalue weighted by Gasteiger charge is -2.08. The van der Waals surface area contributed by atoms with E-state index < -0.39 is 0 Å². The van der Waals surface area contributed by atoms with Gasteiger partial charge < -0.3 is 4.74 Å². The summed E-state index contributed by atoms with van der Waals surface area (Å²) >= 11 is 12.2. The minimum absolute atomic E-state index is 0.439. The van der Waals surface area contributed by atoms with Crippen molar-refractivity contribution in [2.75, 3.05) is 0 Å². The summed E-state index contributed by atoms with van der Waals surface area (Å²) in [6.45, 7) is 2.40. The first-order valence-corrected chi connectivity index (χ1v) is 8.64. The molecule has 0 N–H and O–H groups in total. The second-order valence-electron chi connectivity index (χ2n) is 5.59. The van der Waals surface area contributed by atoms with Gasteiger partial charge in [-0.25, -0.2) is 0 Å². The average molecular weight is 370 g/mol. The van der Waals surface area contributed by atoms with E-state index in [2.05, 4.69) is 4.99 Å². The third kappa shape index (κ3) is 4.62. The van der Waals surface area contributed by atoms with Crippen LogP contribution in [0.5, 0.6) is 5.75 Å². The molecule has 0 aliphatic rings. The number of rotatable bonds is 5. The van der Waals surface area contributed by atoms with Gasteiger partial charge in [0.05, 0.1) is 5.69 Å². The Labute approximate surface area is 157 Å². The highest BCUT2D eigenvalue weighted by Crippen LogP contribution is 2.25. The SMILES string of the molecule is Cc1c(Cl)cccc1N=Cc1ccc(OCc2ccccc2Cl)cc1. The van der Waals surface area contributed by atoms with Crippen molar-refractivity contribution < 1.29 is 4.74 Å². The van der Waals surface area contributed by atoms with Gasteiger partial charge in [0.2, 0.25) is 0 Å². The van der Waals surface area contributed by atoms with Crippen LogP contribution in [0.15, 0.2) is 71.7 Å². The summed E-state index contributed by atoms with van der Waals surface area (Å²) in [5, 5.41) is 1.43. The van der Waals surface area contributed by atoms with E-state index in [0.717, 1.165) is 33.1 Å². The molecule has 4 heteroatoms. The number of hydrogen-bond acceptors (Lipinski definition) is 2. The van der Waals surface area contributed by atoms with Gasteiger partial charge in [-0.15, -0.1) is 0 Å². The molecule has 0 spiro atoms. The second kappa shape index (κ2) is 8.19. The minimum atomic E-state index is 0.439. The highest BCUT2D eigenvalue weighted by Gasteiger charge is 2.01. The Kier molecular flexibility index (Phi) is 5.75. The maximum absolute atomic E-state index is 6.13. The molecule has 0 bridgehead atoms. The summed E-state index contributed by atoms with van der Waals surface area (Å²) in [6, 6.07) is 21.1. The van der Waals surface area contributed by atoms with Crippen LogP contribution in [0.1, 0.15) is 16.7 Å². The smallest absolute Gasteiger partial charge is 0.119 e. The molecule has 0 radical (unpaired) electrons. The standard InChI is InChI=1S/C21H17Cl2NO/c1-15-19(22)7-4-8-21(15)24-13-16-9-11-18(12-10-16)25-14-17-5-2-3-6-20(17)23/h2-13H,14H2,1H3. The topological polar surface area (TPSA) is 21.6 Å². The van der Waals surface area contributed by atoms with Gasteiger partial charge in [0.1, 0.15) is 12.4 Å². The molecule has 0 amide bonds. The van der Waals surface area contributed by atoms with Crippen LogP contribution < -0.4 is 4.74 Å². The fourth-order valence-electron chi connectivity index (χ4n) is 2.31. The van der Waals surface area contributed by atoms with Gasteiger partial charge in [-0.1, -0.05) is 47.5 Å². The first-order chi connectivity index (χ1) is 12.1. The predicted octanol–water partition coefficient (Wildman–Crippen LogP) is 6.63. The predicted molar refractivity (Wildman–Crippen MR) is 106 cm³/mol. The molecule has 0 aromatic heterocycles. The zero-order valence-electron chi connectivity index (χ0n) is 13.7. The summed E-state index contributed by atoms with van der Waals surface area (Å²) in [5.41, 5.74) is 3.79. The third-order valence-corrected chi connectivity index (χ3v) is 4.60. The van der Waals surface area contributed by atoms with Crippen molar-refractivity contribution in [2.45, 2.75) is 13.5 Å². The van der Waals surface area contributed by atoms with E-state index in [1.807, 2.05) is 79.9 Å². The van der Waals surface area contributed by atoms with Crippen LogP contribution >= 0.6 is 23.2 Å². The van der Waals surface area contributed by atoms with Gasteiger partial charge >= 0.3 is 0 Å². The normalized spacial score (nSPS) is 11.0. The summed E-state index contributed by atoms with van der Waals surface area (Å²) in [5.74, 6) is 0.788. The van der Waals surface area contributed by atoms with E-state index in [1.165, 1.54) is 0 Å². The van der Waals surface area contributed by atoms with Gasteiger partial charge in [-0.2, -0.15) is 0 Å². The molecule has 0 aliphatic heterocycles. The molecule has 126 valence electrons. The van der Waals surface area contributed by atoms with E-state index in [9.17, 15) is 0 Å². The third-order valence-electron chi connectivity index (χ3n) is 3.82. The quantitative estimate of drug-likeness (QED) is 0.462. The number of aliphatic imine (C=N–C) groups is 1. The number of halogens is 2. The molecule has 3 rings (SSSR count). The highest BCUT2D eigenvalue weighted by molar-refractivity contribution is 6.31. The Morgan fingerprint density at radius 2 is 1.60 bits per heavy atom. The molecule has 0 saturated heterocycles. The first kappa shape index (κ1) is 17.5. The molecular formula is C21H17Cl2NO. The van der Waals surface area contributed by atoms with E-state index in [4.69, 9.17) is 27.9 Å². The molecular weight excluding hydrogens is 353 g/mol.